The molecule has 5 aromatic rings. The zero-order valence-electron chi connectivity index (χ0n) is 25.6. The fraction of sp³-hybridized carbons (Fsp3) is 0.211. The Kier molecular flexibility index (Phi) is 8.74. The molecule has 0 unspecified atom stereocenters. The van der Waals surface area contributed by atoms with Crippen molar-refractivity contribution in [1.29, 1.82) is 0 Å². The first-order chi connectivity index (χ1) is 22.4. The van der Waals surface area contributed by atoms with Crippen molar-refractivity contribution in [2.24, 2.45) is 0 Å². The number of aryl methyl sites for hydroxylation is 2. The lowest BCUT2D eigenvalue weighted by Gasteiger charge is -2.25. The van der Waals surface area contributed by atoms with Gasteiger partial charge in [-0.05, 0) is 82.6 Å². The highest BCUT2D eigenvalue weighted by Gasteiger charge is 2.80. The second-order valence-corrected chi connectivity index (χ2v) is 13.5. The zero-order valence-corrected chi connectivity index (χ0v) is 27.2. The fourth-order valence-corrected chi connectivity index (χ4v) is 7.98. The molecule has 0 aliphatic heterocycles. The standard InChI is InChI=1S/C38H30F6OS2/c1-4-23-12-14-24(15-13-23)22-45-27-18-16-26(17-19-27)33-21-29(31(6-3)47-33)35-34(36(39,40)38(43,44)37(35,41)42)28-20-32(46-30(28)5-2)25-10-8-7-9-11-25/h4,7-21H,1,5-6,22H2,2-3H3. The van der Waals surface area contributed by atoms with Crippen LogP contribution in [0.1, 0.15) is 45.9 Å². The number of thiophene rings is 2. The van der Waals surface area contributed by atoms with Crippen LogP contribution in [0, 0.1) is 0 Å². The summed E-state index contributed by atoms with van der Waals surface area (Å²) in [6, 6.07) is 26.2. The van der Waals surface area contributed by atoms with Gasteiger partial charge in [-0.15, -0.1) is 22.7 Å². The van der Waals surface area contributed by atoms with E-state index in [1.807, 2.05) is 24.3 Å². The van der Waals surface area contributed by atoms with Gasteiger partial charge >= 0.3 is 17.8 Å². The van der Waals surface area contributed by atoms with E-state index in [4.69, 9.17) is 4.74 Å². The smallest absolute Gasteiger partial charge is 0.380 e. The fourth-order valence-electron chi connectivity index (χ4n) is 5.76. The largest absolute Gasteiger partial charge is 0.489 e. The maximum Gasteiger partial charge on any atom is 0.380 e. The summed E-state index contributed by atoms with van der Waals surface area (Å²) in [7, 11) is 0. The first kappa shape index (κ1) is 32.8. The van der Waals surface area contributed by atoms with Crippen LogP contribution in [-0.2, 0) is 19.4 Å². The Morgan fingerprint density at radius 1 is 0.660 bits per heavy atom. The Labute approximate surface area is 277 Å². The van der Waals surface area contributed by atoms with Gasteiger partial charge in [0.2, 0.25) is 0 Å². The minimum absolute atomic E-state index is 0.190. The van der Waals surface area contributed by atoms with Crippen molar-refractivity contribution in [2.45, 2.75) is 51.1 Å². The number of hydrogen-bond donors (Lipinski definition) is 0. The molecule has 0 N–H and O–H groups in total. The van der Waals surface area contributed by atoms with Crippen molar-refractivity contribution in [2.75, 3.05) is 0 Å². The highest BCUT2D eigenvalue weighted by atomic mass is 32.1. The van der Waals surface area contributed by atoms with E-state index >= 15 is 26.3 Å². The van der Waals surface area contributed by atoms with Crippen LogP contribution in [0.15, 0.2) is 97.6 Å². The van der Waals surface area contributed by atoms with Gasteiger partial charge < -0.3 is 4.74 Å². The van der Waals surface area contributed by atoms with Crippen molar-refractivity contribution in [3.63, 3.8) is 0 Å². The maximum atomic E-state index is 15.8. The van der Waals surface area contributed by atoms with Gasteiger partial charge in [0.05, 0.1) is 0 Å². The van der Waals surface area contributed by atoms with Crippen LogP contribution < -0.4 is 4.74 Å². The predicted molar refractivity (Wildman–Crippen MR) is 181 cm³/mol. The number of allylic oxidation sites excluding steroid dienone is 2. The Balaban J connectivity index is 1.41. The van der Waals surface area contributed by atoms with Gasteiger partial charge in [0.1, 0.15) is 12.4 Å². The van der Waals surface area contributed by atoms with E-state index in [-0.39, 0.29) is 24.0 Å². The summed E-state index contributed by atoms with van der Waals surface area (Å²) in [5, 5.41) is 0. The second kappa shape index (κ2) is 12.5. The van der Waals surface area contributed by atoms with E-state index in [0.717, 1.165) is 33.8 Å². The molecule has 2 heterocycles. The highest BCUT2D eigenvalue weighted by molar-refractivity contribution is 7.16. The third kappa shape index (κ3) is 5.63. The Hall–Kier alpha value is -4.08. The zero-order chi connectivity index (χ0) is 33.6. The van der Waals surface area contributed by atoms with Crippen LogP contribution >= 0.6 is 22.7 Å². The molecule has 0 bridgehead atoms. The molecule has 0 saturated carbocycles. The van der Waals surface area contributed by atoms with Crippen molar-refractivity contribution < 1.29 is 31.1 Å². The van der Waals surface area contributed by atoms with Gasteiger partial charge in [0.25, 0.3) is 0 Å². The first-order valence-electron chi connectivity index (χ1n) is 15.1. The molecular formula is C38H30F6OS2. The summed E-state index contributed by atoms with van der Waals surface area (Å²) >= 11 is 2.27. The van der Waals surface area contributed by atoms with Gasteiger partial charge in [-0.25, -0.2) is 0 Å². The summed E-state index contributed by atoms with van der Waals surface area (Å²) in [4.78, 5) is 1.69. The van der Waals surface area contributed by atoms with Crippen LogP contribution in [0.25, 0.3) is 38.1 Å². The minimum Gasteiger partial charge on any atom is -0.489 e. The minimum atomic E-state index is -5.62. The Morgan fingerprint density at radius 3 is 1.62 bits per heavy atom. The van der Waals surface area contributed by atoms with Gasteiger partial charge in [-0.1, -0.05) is 81.1 Å². The molecule has 0 spiro atoms. The number of hydrogen-bond acceptors (Lipinski definition) is 3. The molecule has 0 fully saturated rings. The SMILES string of the molecule is C=Cc1ccc(COc2ccc(-c3cc(C4=C(c5cc(-c6ccccc6)sc5CC)C(F)(F)C(F)(F)C4(F)F)c(CC)s3)cc2)cc1. The molecular weight excluding hydrogens is 651 g/mol. The highest BCUT2D eigenvalue weighted by Crippen LogP contribution is 2.66. The van der Waals surface area contributed by atoms with E-state index in [0.29, 0.717) is 43.0 Å². The number of ether oxygens (including phenoxy) is 1. The summed E-state index contributed by atoms with van der Waals surface area (Å²) in [5.41, 5.74) is 0.114. The normalized spacial score (nSPS) is 16.4. The van der Waals surface area contributed by atoms with Crippen molar-refractivity contribution >= 4 is 39.9 Å². The van der Waals surface area contributed by atoms with Crippen LogP contribution in [0.3, 0.4) is 0 Å². The Morgan fingerprint density at radius 2 is 1.15 bits per heavy atom. The monoisotopic (exact) mass is 680 g/mol. The van der Waals surface area contributed by atoms with Crippen LogP contribution in [0.2, 0.25) is 0 Å². The van der Waals surface area contributed by atoms with Gasteiger partial charge in [0.15, 0.2) is 0 Å². The van der Waals surface area contributed by atoms with E-state index < -0.39 is 28.9 Å². The summed E-state index contributed by atoms with van der Waals surface area (Å²) in [6.07, 6.45) is 2.15. The second-order valence-electron chi connectivity index (χ2n) is 11.2. The molecule has 0 amide bonds. The molecule has 9 heteroatoms. The quantitative estimate of drug-likeness (QED) is 0.133. The van der Waals surface area contributed by atoms with E-state index in [1.54, 1.807) is 74.5 Å². The third-order valence-electron chi connectivity index (χ3n) is 8.28. The molecule has 0 radical (unpaired) electrons. The average molecular weight is 681 g/mol. The number of rotatable bonds is 10. The molecule has 6 rings (SSSR count). The lowest BCUT2D eigenvalue weighted by Crippen LogP contribution is -2.48. The van der Waals surface area contributed by atoms with Gasteiger partial charge in [-0.2, -0.15) is 26.3 Å². The lowest BCUT2D eigenvalue weighted by atomic mass is 9.93. The molecule has 242 valence electrons. The first-order valence-corrected chi connectivity index (χ1v) is 16.7. The summed E-state index contributed by atoms with van der Waals surface area (Å²) in [5.74, 6) is -15.3. The lowest BCUT2D eigenvalue weighted by molar-refractivity contribution is -0.254. The molecule has 3 aromatic carbocycles. The van der Waals surface area contributed by atoms with E-state index in [9.17, 15) is 0 Å². The number of halogens is 6. The van der Waals surface area contributed by atoms with Crippen molar-refractivity contribution in [3.8, 4) is 26.6 Å². The van der Waals surface area contributed by atoms with Crippen molar-refractivity contribution in [3.05, 3.63) is 130 Å². The summed E-state index contributed by atoms with van der Waals surface area (Å²) in [6.45, 7) is 7.45. The van der Waals surface area contributed by atoms with Crippen LogP contribution in [0.5, 0.6) is 5.75 Å². The molecule has 1 nitrogen and oxygen atoms in total. The molecule has 47 heavy (non-hydrogen) atoms. The van der Waals surface area contributed by atoms with E-state index in [1.165, 1.54) is 12.1 Å². The van der Waals surface area contributed by atoms with E-state index in [2.05, 4.69) is 6.58 Å². The molecule has 1 aliphatic carbocycles. The summed E-state index contributed by atoms with van der Waals surface area (Å²) < 4.78 is 99.5. The van der Waals surface area contributed by atoms with Gasteiger partial charge in [0, 0.05) is 30.7 Å². The third-order valence-corrected chi connectivity index (χ3v) is 10.9. The maximum absolute atomic E-state index is 15.8. The average Bonchev–Trinajstić information content (AvgIpc) is 3.73. The predicted octanol–water partition coefficient (Wildman–Crippen LogP) is 12.3. The van der Waals surface area contributed by atoms with Crippen molar-refractivity contribution in [1.82, 2.24) is 0 Å². The molecule has 0 saturated heterocycles. The molecule has 1 aliphatic rings. The number of benzene rings is 3. The Bertz CT molecular complexity index is 1930. The van der Waals surface area contributed by atoms with Gasteiger partial charge in [-0.3, -0.25) is 0 Å². The molecule has 2 aromatic heterocycles. The molecule has 0 atom stereocenters. The topological polar surface area (TPSA) is 9.23 Å². The van der Waals surface area contributed by atoms with Crippen LogP contribution in [-0.4, -0.2) is 17.8 Å². The van der Waals surface area contributed by atoms with Crippen LogP contribution in [0.4, 0.5) is 26.3 Å². The number of alkyl halides is 6.